The van der Waals surface area contributed by atoms with E-state index in [0.717, 1.165) is 16.3 Å². The maximum Gasteiger partial charge on any atom is 0.0965 e. The van der Waals surface area contributed by atoms with Gasteiger partial charge in [0, 0.05) is 37.0 Å². The standard InChI is InChI=1S/C14H19ClN4O/c1-11(13-5-2-3-6-14(13)15)16-9-12-10-19(18-17-12)7-4-8-20/h2-3,5-6,10-11,16,20H,4,7-9H2,1H3. The Balaban J connectivity index is 1.88. The molecule has 0 aliphatic rings. The average Bonchev–Trinajstić information content (AvgIpc) is 2.91. The van der Waals surface area contributed by atoms with Crippen molar-refractivity contribution in [2.24, 2.45) is 0 Å². The summed E-state index contributed by atoms with van der Waals surface area (Å²) in [5.74, 6) is 0. The highest BCUT2D eigenvalue weighted by Crippen LogP contribution is 2.22. The summed E-state index contributed by atoms with van der Waals surface area (Å²) in [6.07, 6.45) is 2.58. The second-order valence-corrected chi connectivity index (χ2v) is 5.08. The van der Waals surface area contributed by atoms with E-state index < -0.39 is 0 Å². The van der Waals surface area contributed by atoms with E-state index in [4.69, 9.17) is 16.7 Å². The van der Waals surface area contributed by atoms with E-state index in [1.807, 2.05) is 30.5 Å². The quantitative estimate of drug-likeness (QED) is 0.821. The molecule has 0 aliphatic heterocycles. The molecule has 0 fully saturated rings. The van der Waals surface area contributed by atoms with Crippen LogP contribution in [0.1, 0.15) is 30.6 Å². The number of hydrogen-bond donors (Lipinski definition) is 2. The van der Waals surface area contributed by atoms with Gasteiger partial charge in [-0.25, -0.2) is 0 Å². The van der Waals surface area contributed by atoms with Crippen LogP contribution in [0.2, 0.25) is 5.02 Å². The number of nitrogens with one attached hydrogen (secondary N) is 1. The number of aliphatic hydroxyl groups excluding tert-OH is 1. The molecule has 0 aliphatic carbocycles. The Hall–Kier alpha value is -1.43. The molecule has 1 unspecified atom stereocenters. The van der Waals surface area contributed by atoms with E-state index in [0.29, 0.717) is 19.5 Å². The molecular formula is C14H19ClN4O. The minimum Gasteiger partial charge on any atom is -0.396 e. The van der Waals surface area contributed by atoms with Crippen LogP contribution in [0.25, 0.3) is 0 Å². The number of aromatic nitrogens is 3. The molecule has 0 saturated heterocycles. The van der Waals surface area contributed by atoms with E-state index in [-0.39, 0.29) is 12.6 Å². The molecule has 108 valence electrons. The lowest BCUT2D eigenvalue weighted by molar-refractivity contribution is 0.276. The van der Waals surface area contributed by atoms with Crippen LogP contribution in [0.3, 0.4) is 0 Å². The predicted octanol–water partition coefficient (Wildman–Crippen LogP) is 2.16. The number of hydrogen-bond acceptors (Lipinski definition) is 4. The molecule has 0 saturated carbocycles. The summed E-state index contributed by atoms with van der Waals surface area (Å²) in [6, 6.07) is 7.94. The van der Waals surface area contributed by atoms with Gasteiger partial charge in [-0.15, -0.1) is 5.10 Å². The van der Waals surface area contributed by atoms with E-state index in [1.165, 1.54) is 0 Å². The minimum atomic E-state index is 0.145. The van der Waals surface area contributed by atoms with Crippen LogP contribution < -0.4 is 5.32 Å². The third-order valence-electron chi connectivity index (χ3n) is 3.09. The van der Waals surface area contributed by atoms with Crippen molar-refractivity contribution in [3.8, 4) is 0 Å². The highest BCUT2D eigenvalue weighted by Gasteiger charge is 2.09. The molecule has 1 atom stereocenters. The third-order valence-corrected chi connectivity index (χ3v) is 3.44. The molecule has 6 heteroatoms. The first-order valence-electron chi connectivity index (χ1n) is 6.68. The van der Waals surface area contributed by atoms with Gasteiger partial charge in [-0.1, -0.05) is 35.0 Å². The number of halogens is 1. The van der Waals surface area contributed by atoms with Crippen molar-refractivity contribution in [3.05, 3.63) is 46.7 Å². The van der Waals surface area contributed by atoms with Crippen molar-refractivity contribution in [1.82, 2.24) is 20.3 Å². The monoisotopic (exact) mass is 294 g/mol. The fourth-order valence-electron chi connectivity index (χ4n) is 1.96. The molecule has 2 N–H and O–H groups in total. The Labute approximate surface area is 123 Å². The van der Waals surface area contributed by atoms with Gasteiger partial charge >= 0.3 is 0 Å². The molecule has 0 amide bonds. The molecule has 5 nitrogen and oxygen atoms in total. The van der Waals surface area contributed by atoms with Crippen LogP contribution in [0.15, 0.2) is 30.5 Å². The molecule has 1 aromatic heterocycles. The minimum absolute atomic E-state index is 0.145. The number of nitrogens with zero attached hydrogens (tertiary/aromatic N) is 3. The van der Waals surface area contributed by atoms with E-state index in [2.05, 4.69) is 22.6 Å². The lowest BCUT2D eigenvalue weighted by atomic mass is 10.1. The Kier molecular flexibility index (Phi) is 5.52. The van der Waals surface area contributed by atoms with Crippen molar-refractivity contribution in [3.63, 3.8) is 0 Å². The van der Waals surface area contributed by atoms with Crippen LogP contribution in [0, 0.1) is 0 Å². The van der Waals surface area contributed by atoms with Crippen LogP contribution in [0.4, 0.5) is 0 Å². The van der Waals surface area contributed by atoms with Gasteiger partial charge in [0.15, 0.2) is 0 Å². The molecule has 1 heterocycles. The topological polar surface area (TPSA) is 63.0 Å². The van der Waals surface area contributed by atoms with E-state index >= 15 is 0 Å². The summed E-state index contributed by atoms with van der Waals surface area (Å²) in [5, 5.41) is 21.0. The maximum atomic E-state index is 8.78. The van der Waals surface area contributed by atoms with Gasteiger partial charge in [-0.05, 0) is 25.0 Å². The average molecular weight is 295 g/mol. The van der Waals surface area contributed by atoms with Crippen molar-refractivity contribution in [2.45, 2.75) is 32.5 Å². The molecule has 0 radical (unpaired) electrons. The Morgan fingerprint density at radius 2 is 2.20 bits per heavy atom. The fourth-order valence-corrected chi connectivity index (χ4v) is 2.25. The molecule has 0 spiro atoms. The summed E-state index contributed by atoms with van der Waals surface area (Å²) in [5.41, 5.74) is 1.95. The SMILES string of the molecule is CC(NCc1cn(CCCO)nn1)c1ccccc1Cl. The summed E-state index contributed by atoms with van der Waals surface area (Å²) >= 11 is 6.17. The lowest BCUT2D eigenvalue weighted by Crippen LogP contribution is -2.18. The zero-order chi connectivity index (χ0) is 14.4. The van der Waals surface area contributed by atoms with Gasteiger partial charge in [0.2, 0.25) is 0 Å². The van der Waals surface area contributed by atoms with Crippen molar-refractivity contribution >= 4 is 11.6 Å². The summed E-state index contributed by atoms with van der Waals surface area (Å²) in [7, 11) is 0. The van der Waals surface area contributed by atoms with Gasteiger partial charge in [0.05, 0.1) is 5.69 Å². The Bertz CT molecular complexity index is 543. The summed E-state index contributed by atoms with van der Waals surface area (Å²) in [6.45, 7) is 3.55. The lowest BCUT2D eigenvalue weighted by Gasteiger charge is -2.14. The first-order valence-corrected chi connectivity index (χ1v) is 7.06. The molecule has 2 aromatic rings. The molecule has 20 heavy (non-hydrogen) atoms. The summed E-state index contributed by atoms with van der Waals surface area (Å²) < 4.78 is 1.74. The second kappa shape index (κ2) is 7.38. The first-order chi connectivity index (χ1) is 9.70. The van der Waals surface area contributed by atoms with E-state index in [1.54, 1.807) is 4.68 Å². The highest BCUT2D eigenvalue weighted by molar-refractivity contribution is 6.31. The number of aryl methyl sites for hydroxylation is 1. The van der Waals surface area contributed by atoms with Gasteiger partial charge in [-0.3, -0.25) is 4.68 Å². The smallest absolute Gasteiger partial charge is 0.0965 e. The predicted molar refractivity (Wildman–Crippen MR) is 78.4 cm³/mol. The third kappa shape index (κ3) is 4.03. The zero-order valence-corrected chi connectivity index (χ0v) is 12.2. The number of aliphatic hydroxyl groups is 1. The van der Waals surface area contributed by atoms with Gasteiger partial charge in [0.1, 0.15) is 0 Å². The van der Waals surface area contributed by atoms with Crippen molar-refractivity contribution in [1.29, 1.82) is 0 Å². The van der Waals surface area contributed by atoms with Crippen LogP contribution in [-0.4, -0.2) is 26.7 Å². The van der Waals surface area contributed by atoms with Crippen LogP contribution >= 0.6 is 11.6 Å². The van der Waals surface area contributed by atoms with Crippen LogP contribution in [0.5, 0.6) is 0 Å². The molecular weight excluding hydrogens is 276 g/mol. The molecule has 2 rings (SSSR count). The Morgan fingerprint density at radius 3 is 2.95 bits per heavy atom. The van der Waals surface area contributed by atoms with Gasteiger partial charge in [0.25, 0.3) is 0 Å². The fraction of sp³-hybridized carbons (Fsp3) is 0.429. The van der Waals surface area contributed by atoms with Crippen molar-refractivity contribution in [2.75, 3.05) is 6.61 Å². The Morgan fingerprint density at radius 1 is 1.40 bits per heavy atom. The largest absolute Gasteiger partial charge is 0.396 e. The first kappa shape index (κ1) is 15.0. The van der Waals surface area contributed by atoms with Crippen LogP contribution in [-0.2, 0) is 13.1 Å². The van der Waals surface area contributed by atoms with Gasteiger partial charge in [-0.2, -0.15) is 0 Å². The zero-order valence-electron chi connectivity index (χ0n) is 11.5. The highest BCUT2D eigenvalue weighted by atomic mass is 35.5. The van der Waals surface area contributed by atoms with Gasteiger partial charge < -0.3 is 10.4 Å². The van der Waals surface area contributed by atoms with E-state index in [9.17, 15) is 0 Å². The second-order valence-electron chi connectivity index (χ2n) is 4.67. The molecule has 1 aromatic carbocycles. The summed E-state index contributed by atoms with van der Waals surface area (Å²) in [4.78, 5) is 0. The maximum absolute atomic E-state index is 8.78. The normalized spacial score (nSPS) is 12.6. The number of benzene rings is 1. The molecule has 0 bridgehead atoms. The number of rotatable bonds is 7. The van der Waals surface area contributed by atoms with Crippen molar-refractivity contribution < 1.29 is 5.11 Å².